The molecule has 1 saturated carbocycles. The van der Waals surface area contributed by atoms with Crippen LogP contribution in [0.15, 0.2) is 54.6 Å². The Morgan fingerprint density at radius 3 is 2.52 bits per heavy atom. The molecule has 0 unspecified atom stereocenters. The summed E-state index contributed by atoms with van der Waals surface area (Å²) >= 11 is 0. The first-order valence-electron chi connectivity index (χ1n) is 10.7. The molecule has 2 heterocycles. The van der Waals surface area contributed by atoms with Gasteiger partial charge >= 0.3 is 0 Å². The molecule has 1 N–H and O–H groups in total. The van der Waals surface area contributed by atoms with Crippen LogP contribution in [0, 0.1) is 19.7 Å². The van der Waals surface area contributed by atoms with Gasteiger partial charge in [0.2, 0.25) is 5.91 Å². The quantitative estimate of drug-likeness (QED) is 0.450. The van der Waals surface area contributed by atoms with Crippen LogP contribution in [0.2, 0.25) is 0 Å². The van der Waals surface area contributed by atoms with E-state index in [1.54, 1.807) is 22.9 Å². The Hall–Kier alpha value is -4.14. The number of aryl methyl sites for hydroxylation is 1. The molecule has 4 aromatic rings. The van der Waals surface area contributed by atoms with E-state index in [-0.39, 0.29) is 11.7 Å². The SMILES string of the molecule is Cc1nn(-c2ccc(F)cc2)c(C)c1/C=C/C(=O)Nc1ccc(-c2nnnn2C2CC2)cc1. The van der Waals surface area contributed by atoms with E-state index in [9.17, 15) is 9.18 Å². The average molecular weight is 443 g/mol. The van der Waals surface area contributed by atoms with E-state index >= 15 is 0 Å². The van der Waals surface area contributed by atoms with Gasteiger partial charge in [-0.05, 0) is 91.7 Å². The third-order valence-corrected chi connectivity index (χ3v) is 5.62. The summed E-state index contributed by atoms with van der Waals surface area (Å²) in [5, 5.41) is 19.4. The van der Waals surface area contributed by atoms with Crippen molar-refractivity contribution in [1.29, 1.82) is 0 Å². The van der Waals surface area contributed by atoms with Gasteiger partial charge in [0.1, 0.15) is 5.82 Å². The van der Waals surface area contributed by atoms with E-state index in [0.717, 1.165) is 46.9 Å². The molecule has 2 aromatic heterocycles. The van der Waals surface area contributed by atoms with Crippen LogP contribution in [-0.2, 0) is 4.79 Å². The lowest BCUT2D eigenvalue weighted by Crippen LogP contribution is -2.07. The Balaban J connectivity index is 1.28. The maximum Gasteiger partial charge on any atom is 0.248 e. The number of nitrogens with zero attached hydrogens (tertiary/aromatic N) is 6. The number of hydrogen-bond acceptors (Lipinski definition) is 5. The zero-order valence-corrected chi connectivity index (χ0v) is 18.2. The second-order valence-corrected chi connectivity index (χ2v) is 8.05. The molecular weight excluding hydrogens is 421 g/mol. The number of anilines is 1. The van der Waals surface area contributed by atoms with Crippen molar-refractivity contribution in [3.8, 4) is 17.1 Å². The van der Waals surface area contributed by atoms with E-state index in [2.05, 4.69) is 25.9 Å². The molecule has 0 saturated heterocycles. The van der Waals surface area contributed by atoms with Crippen LogP contribution in [0.3, 0.4) is 0 Å². The van der Waals surface area contributed by atoms with Crippen LogP contribution in [-0.4, -0.2) is 35.9 Å². The van der Waals surface area contributed by atoms with Gasteiger partial charge < -0.3 is 5.32 Å². The lowest BCUT2D eigenvalue weighted by molar-refractivity contribution is -0.111. The lowest BCUT2D eigenvalue weighted by atomic mass is 10.1. The number of rotatable bonds is 6. The van der Waals surface area contributed by atoms with Crippen molar-refractivity contribution in [2.24, 2.45) is 0 Å². The average Bonchev–Trinajstić information content (AvgIpc) is 3.47. The molecule has 0 radical (unpaired) electrons. The predicted molar refractivity (Wildman–Crippen MR) is 122 cm³/mol. The summed E-state index contributed by atoms with van der Waals surface area (Å²) in [5.41, 5.74) is 4.82. The highest BCUT2D eigenvalue weighted by molar-refractivity contribution is 6.02. The zero-order chi connectivity index (χ0) is 22.9. The molecule has 9 heteroatoms. The molecule has 166 valence electrons. The summed E-state index contributed by atoms with van der Waals surface area (Å²) in [4.78, 5) is 12.5. The summed E-state index contributed by atoms with van der Waals surface area (Å²) in [6.07, 6.45) is 5.42. The molecule has 2 aromatic carbocycles. The molecular formula is C24H22FN7O. The number of hydrogen-bond donors (Lipinski definition) is 1. The minimum atomic E-state index is -0.299. The van der Waals surface area contributed by atoms with Crippen molar-refractivity contribution in [2.45, 2.75) is 32.7 Å². The fraction of sp³-hybridized carbons (Fsp3) is 0.208. The molecule has 8 nitrogen and oxygen atoms in total. The highest BCUT2D eigenvalue weighted by Crippen LogP contribution is 2.36. The Kier molecular flexibility index (Phi) is 5.29. The normalized spacial score (nSPS) is 13.5. The van der Waals surface area contributed by atoms with Gasteiger partial charge in [0, 0.05) is 28.6 Å². The maximum absolute atomic E-state index is 13.2. The Bertz CT molecular complexity index is 1330. The number of benzene rings is 2. The van der Waals surface area contributed by atoms with Crippen LogP contribution in [0.1, 0.15) is 35.8 Å². The Labute approximate surface area is 189 Å². The summed E-state index contributed by atoms with van der Waals surface area (Å²) in [7, 11) is 0. The third-order valence-electron chi connectivity index (χ3n) is 5.62. The van der Waals surface area contributed by atoms with E-state index in [1.807, 2.05) is 42.8 Å². The van der Waals surface area contributed by atoms with Gasteiger partial charge in [0.05, 0.1) is 17.4 Å². The molecule has 0 atom stereocenters. The molecule has 1 amide bonds. The Morgan fingerprint density at radius 2 is 1.82 bits per heavy atom. The van der Waals surface area contributed by atoms with Gasteiger partial charge in [0.15, 0.2) is 5.82 Å². The first-order chi connectivity index (χ1) is 16.0. The first kappa shape index (κ1) is 20.7. The van der Waals surface area contributed by atoms with Gasteiger partial charge in [-0.2, -0.15) is 5.10 Å². The maximum atomic E-state index is 13.2. The smallest absolute Gasteiger partial charge is 0.248 e. The van der Waals surface area contributed by atoms with Crippen LogP contribution >= 0.6 is 0 Å². The number of carbonyl (C=O) groups is 1. The Morgan fingerprint density at radius 1 is 1.09 bits per heavy atom. The molecule has 33 heavy (non-hydrogen) atoms. The second kappa shape index (κ2) is 8.42. The highest BCUT2D eigenvalue weighted by atomic mass is 19.1. The van der Waals surface area contributed by atoms with Crippen molar-refractivity contribution in [1.82, 2.24) is 30.0 Å². The number of nitrogens with one attached hydrogen (secondary N) is 1. The predicted octanol–water partition coefficient (Wildman–Crippen LogP) is 4.27. The third kappa shape index (κ3) is 4.30. The fourth-order valence-corrected chi connectivity index (χ4v) is 3.72. The van der Waals surface area contributed by atoms with Crippen molar-refractivity contribution < 1.29 is 9.18 Å². The van der Waals surface area contributed by atoms with Gasteiger partial charge in [-0.3, -0.25) is 4.79 Å². The summed E-state index contributed by atoms with van der Waals surface area (Å²) in [6, 6.07) is 14.0. The minimum absolute atomic E-state index is 0.251. The molecule has 0 bridgehead atoms. The molecule has 0 spiro atoms. The van der Waals surface area contributed by atoms with E-state index < -0.39 is 0 Å². The monoisotopic (exact) mass is 443 g/mol. The van der Waals surface area contributed by atoms with Crippen LogP contribution < -0.4 is 5.32 Å². The zero-order valence-electron chi connectivity index (χ0n) is 18.2. The summed E-state index contributed by atoms with van der Waals surface area (Å²) < 4.78 is 16.8. The molecule has 1 aliphatic rings. The molecule has 5 rings (SSSR count). The van der Waals surface area contributed by atoms with Gasteiger partial charge in [0.25, 0.3) is 0 Å². The lowest BCUT2D eigenvalue weighted by Gasteiger charge is -2.05. The number of halogens is 1. The fourth-order valence-electron chi connectivity index (χ4n) is 3.72. The molecule has 1 aliphatic carbocycles. The van der Waals surface area contributed by atoms with Gasteiger partial charge in [-0.25, -0.2) is 13.8 Å². The van der Waals surface area contributed by atoms with Crippen LogP contribution in [0.25, 0.3) is 23.2 Å². The van der Waals surface area contributed by atoms with Crippen molar-refractivity contribution >= 4 is 17.7 Å². The minimum Gasteiger partial charge on any atom is -0.323 e. The number of amides is 1. The van der Waals surface area contributed by atoms with E-state index in [0.29, 0.717) is 11.7 Å². The summed E-state index contributed by atoms with van der Waals surface area (Å²) in [5.74, 6) is 0.185. The van der Waals surface area contributed by atoms with Crippen molar-refractivity contribution in [3.63, 3.8) is 0 Å². The molecule has 1 fully saturated rings. The standard InChI is InChI=1S/C24H22FN7O/c1-15-22(16(2)31(28-15)20-9-5-18(25)6-10-20)13-14-23(33)26-19-7-3-17(4-8-19)24-27-29-30-32(24)21-11-12-21/h3-10,13-14,21H,11-12H2,1-2H3,(H,26,33)/b14-13+. The second-order valence-electron chi connectivity index (χ2n) is 8.05. The number of tetrazole rings is 1. The van der Waals surface area contributed by atoms with E-state index in [1.165, 1.54) is 18.2 Å². The summed E-state index contributed by atoms with van der Waals surface area (Å²) in [6.45, 7) is 3.79. The van der Waals surface area contributed by atoms with Gasteiger partial charge in [-0.15, -0.1) is 5.10 Å². The van der Waals surface area contributed by atoms with E-state index in [4.69, 9.17) is 0 Å². The molecule has 0 aliphatic heterocycles. The van der Waals surface area contributed by atoms with Gasteiger partial charge in [-0.1, -0.05) is 0 Å². The highest BCUT2D eigenvalue weighted by Gasteiger charge is 2.28. The topological polar surface area (TPSA) is 90.5 Å². The number of aromatic nitrogens is 6. The largest absolute Gasteiger partial charge is 0.323 e. The number of carbonyl (C=O) groups excluding carboxylic acids is 1. The van der Waals surface area contributed by atoms with Crippen molar-refractivity contribution in [2.75, 3.05) is 5.32 Å². The van der Waals surface area contributed by atoms with Crippen LogP contribution in [0.4, 0.5) is 10.1 Å². The van der Waals surface area contributed by atoms with Crippen LogP contribution in [0.5, 0.6) is 0 Å². The first-order valence-corrected chi connectivity index (χ1v) is 10.7. The van der Waals surface area contributed by atoms with Crippen molar-refractivity contribution in [3.05, 3.63) is 77.4 Å².